The Kier molecular flexibility index (Phi) is 7.35. The molecule has 0 atom stereocenters. The molecular formula is C22H26N4O3. The molecule has 7 heteroatoms. The van der Waals surface area contributed by atoms with E-state index in [4.69, 9.17) is 4.74 Å². The second-order valence-electron chi connectivity index (χ2n) is 6.82. The van der Waals surface area contributed by atoms with Gasteiger partial charge in [0.15, 0.2) is 0 Å². The van der Waals surface area contributed by atoms with Gasteiger partial charge in [-0.25, -0.2) is 0 Å². The highest BCUT2D eigenvalue weighted by atomic mass is 16.5. The van der Waals surface area contributed by atoms with Crippen LogP contribution in [0.25, 0.3) is 0 Å². The van der Waals surface area contributed by atoms with Gasteiger partial charge in [-0.05, 0) is 29.8 Å². The molecule has 0 saturated carbocycles. The third kappa shape index (κ3) is 6.15. The maximum absolute atomic E-state index is 12.4. The lowest BCUT2D eigenvalue weighted by atomic mass is 10.2. The van der Waals surface area contributed by atoms with Gasteiger partial charge in [-0.2, -0.15) is 0 Å². The molecule has 29 heavy (non-hydrogen) atoms. The van der Waals surface area contributed by atoms with Gasteiger partial charge in [0.2, 0.25) is 5.91 Å². The average molecular weight is 394 g/mol. The molecule has 1 N–H and O–H groups in total. The van der Waals surface area contributed by atoms with Crippen molar-refractivity contribution in [2.45, 2.75) is 6.54 Å². The van der Waals surface area contributed by atoms with Crippen LogP contribution in [-0.4, -0.2) is 65.9 Å². The number of pyridine rings is 1. The Labute approximate surface area is 171 Å². The highest BCUT2D eigenvalue weighted by Crippen LogP contribution is 2.15. The number of amides is 2. The van der Waals surface area contributed by atoms with E-state index >= 15 is 0 Å². The smallest absolute Gasteiger partial charge is 0.253 e. The van der Waals surface area contributed by atoms with E-state index < -0.39 is 0 Å². The average Bonchev–Trinajstić information content (AvgIpc) is 2.78. The Balaban J connectivity index is 1.40. The first-order valence-electron chi connectivity index (χ1n) is 9.66. The minimum Gasteiger partial charge on any atom is -0.490 e. The minimum absolute atomic E-state index is 0.000101. The Bertz CT molecular complexity index is 816. The van der Waals surface area contributed by atoms with E-state index in [1.54, 1.807) is 29.3 Å². The van der Waals surface area contributed by atoms with Crippen molar-refractivity contribution in [1.29, 1.82) is 0 Å². The fraction of sp³-hybridized carbons (Fsp3) is 0.318. The maximum Gasteiger partial charge on any atom is 0.253 e. The normalized spacial score (nSPS) is 14.3. The van der Waals surface area contributed by atoms with Gasteiger partial charge in [-0.15, -0.1) is 0 Å². The van der Waals surface area contributed by atoms with Gasteiger partial charge in [0, 0.05) is 45.1 Å². The Morgan fingerprint density at radius 1 is 1.14 bits per heavy atom. The number of carbonyl (C=O) groups excluding carboxylic acids is 2. The standard InChI is InChI=1S/C22H26N4O3/c1-2-14-29-20-7-5-18(6-8-20)17-25-10-12-26(13-11-25)21(27)16-24-22(28)19-4-3-9-23-15-19/h2-9,15H,1,10-14,16-17H2,(H,24,28). The van der Waals surface area contributed by atoms with Crippen molar-refractivity contribution in [1.82, 2.24) is 20.1 Å². The lowest BCUT2D eigenvalue weighted by Crippen LogP contribution is -2.50. The summed E-state index contributed by atoms with van der Waals surface area (Å²) in [7, 11) is 0. The first kappa shape index (κ1) is 20.5. The lowest BCUT2D eigenvalue weighted by Gasteiger charge is -2.34. The van der Waals surface area contributed by atoms with E-state index in [2.05, 4.69) is 33.9 Å². The van der Waals surface area contributed by atoms with Crippen molar-refractivity contribution >= 4 is 11.8 Å². The van der Waals surface area contributed by atoms with Crippen LogP contribution in [-0.2, 0) is 11.3 Å². The first-order valence-corrected chi connectivity index (χ1v) is 9.66. The molecule has 1 saturated heterocycles. The molecule has 0 radical (unpaired) electrons. The zero-order valence-corrected chi connectivity index (χ0v) is 16.4. The van der Waals surface area contributed by atoms with E-state index in [9.17, 15) is 9.59 Å². The number of piperazine rings is 1. The lowest BCUT2D eigenvalue weighted by molar-refractivity contribution is -0.131. The summed E-state index contributed by atoms with van der Waals surface area (Å²) in [5.74, 6) is 0.480. The number of nitrogens with zero attached hydrogens (tertiary/aromatic N) is 3. The molecule has 1 aromatic carbocycles. The van der Waals surface area contributed by atoms with Gasteiger partial charge in [-0.3, -0.25) is 19.5 Å². The summed E-state index contributed by atoms with van der Waals surface area (Å²) in [5.41, 5.74) is 1.66. The highest BCUT2D eigenvalue weighted by molar-refractivity contribution is 5.96. The molecule has 152 valence electrons. The summed E-state index contributed by atoms with van der Waals surface area (Å²) in [6, 6.07) is 11.4. The number of aromatic nitrogens is 1. The summed E-state index contributed by atoms with van der Waals surface area (Å²) in [6.07, 6.45) is 4.81. The molecule has 0 bridgehead atoms. The monoisotopic (exact) mass is 394 g/mol. The number of carbonyl (C=O) groups is 2. The Hall–Kier alpha value is -3.19. The molecule has 0 spiro atoms. The van der Waals surface area contributed by atoms with E-state index in [0.717, 1.165) is 25.4 Å². The SMILES string of the molecule is C=CCOc1ccc(CN2CCN(C(=O)CNC(=O)c3cccnc3)CC2)cc1. The second kappa shape index (κ2) is 10.4. The highest BCUT2D eigenvalue weighted by Gasteiger charge is 2.21. The van der Waals surface area contributed by atoms with Crippen molar-refractivity contribution in [3.05, 3.63) is 72.6 Å². The van der Waals surface area contributed by atoms with Crippen molar-refractivity contribution in [2.24, 2.45) is 0 Å². The van der Waals surface area contributed by atoms with E-state index in [-0.39, 0.29) is 18.4 Å². The topological polar surface area (TPSA) is 74.8 Å². The molecule has 1 aliphatic rings. The molecule has 1 aliphatic heterocycles. The summed E-state index contributed by atoms with van der Waals surface area (Å²) in [6.45, 7) is 7.89. The van der Waals surface area contributed by atoms with Crippen LogP contribution in [0.1, 0.15) is 15.9 Å². The molecule has 3 rings (SSSR count). The molecule has 2 heterocycles. The third-order valence-electron chi connectivity index (χ3n) is 4.75. The zero-order chi connectivity index (χ0) is 20.5. The van der Waals surface area contributed by atoms with Gasteiger partial charge in [-0.1, -0.05) is 24.8 Å². The fourth-order valence-corrected chi connectivity index (χ4v) is 3.13. The van der Waals surface area contributed by atoms with Crippen molar-refractivity contribution in [2.75, 3.05) is 39.3 Å². The van der Waals surface area contributed by atoms with Gasteiger partial charge in [0.1, 0.15) is 12.4 Å². The van der Waals surface area contributed by atoms with Gasteiger partial charge < -0.3 is 15.0 Å². The van der Waals surface area contributed by atoms with Crippen LogP contribution >= 0.6 is 0 Å². The molecule has 2 aromatic rings. The number of ether oxygens (including phenoxy) is 1. The molecule has 0 aliphatic carbocycles. The van der Waals surface area contributed by atoms with E-state index in [1.165, 1.54) is 11.8 Å². The summed E-state index contributed by atoms with van der Waals surface area (Å²) < 4.78 is 5.50. The summed E-state index contributed by atoms with van der Waals surface area (Å²) in [4.78, 5) is 32.4. The number of hydrogen-bond donors (Lipinski definition) is 1. The molecule has 2 amide bonds. The molecule has 1 fully saturated rings. The summed E-state index contributed by atoms with van der Waals surface area (Å²) >= 11 is 0. The fourth-order valence-electron chi connectivity index (χ4n) is 3.13. The summed E-state index contributed by atoms with van der Waals surface area (Å²) in [5, 5.41) is 2.67. The van der Waals surface area contributed by atoms with E-state index in [0.29, 0.717) is 25.3 Å². The third-order valence-corrected chi connectivity index (χ3v) is 4.75. The van der Waals surface area contributed by atoms with Gasteiger partial charge in [0.05, 0.1) is 12.1 Å². The van der Waals surface area contributed by atoms with Crippen molar-refractivity contribution in [3.63, 3.8) is 0 Å². The molecule has 1 aromatic heterocycles. The van der Waals surface area contributed by atoms with Crippen LogP contribution in [0.5, 0.6) is 5.75 Å². The predicted molar refractivity (Wildman–Crippen MR) is 111 cm³/mol. The Morgan fingerprint density at radius 2 is 1.90 bits per heavy atom. The number of nitrogens with one attached hydrogen (secondary N) is 1. The number of hydrogen-bond acceptors (Lipinski definition) is 5. The second-order valence-corrected chi connectivity index (χ2v) is 6.82. The van der Waals surface area contributed by atoms with Crippen LogP contribution < -0.4 is 10.1 Å². The van der Waals surface area contributed by atoms with Gasteiger partial charge in [0.25, 0.3) is 5.91 Å². The zero-order valence-electron chi connectivity index (χ0n) is 16.4. The quantitative estimate of drug-likeness (QED) is 0.690. The minimum atomic E-state index is -0.286. The van der Waals surface area contributed by atoms with Crippen LogP contribution in [0.4, 0.5) is 0 Å². The van der Waals surface area contributed by atoms with Crippen LogP contribution in [0, 0.1) is 0 Å². The Morgan fingerprint density at radius 3 is 2.55 bits per heavy atom. The van der Waals surface area contributed by atoms with Crippen molar-refractivity contribution in [3.8, 4) is 5.75 Å². The van der Waals surface area contributed by atoms with E-state index in [1.807, 2.05) is 12.1 Å². The molecule has 7 nitrogen and oxygen atoms in total. The number of rotatable bonds is 8. The first-order chi connectivity index (χ1) is 14.2. The van der Waals surface area contributed by atoms with Crippen LogP contribution in [0.15, 0.2) is 61.4 Å². The molecule has 0 unspecified atom stereocenters. The van der Waals surface area contributed by atoms with Gasteiger partial charge >= 0.3 is 0 Å². The maximum atomic E-state index is 12.4. The van der Waals surface area contributed by atoms with Crippen LogP contribution in [0.2, 0.25) is 0 Å². The van der Waals surface area contributed by atoms with Crippen LogP contribution in [0.3, 0.4) is 0 Å². The molecular weight excluding hydrogens is 368 g/mol. The largest absolute Gasteiger partial charge is 0.490 e. The number of benzene rings is 1. The predicted octanol–water partition coefficient (Wildman–Crippen LogP) is 1.72. The van der Waals surface area contributed by atoms with Crippen molar-refractivity contribution < 1.29 is 14.3 Å².